The summed E-state index contributed by atoms with van der Waals surface area (Å²) in [5, 5.41) is 4.13. The number of thiocarbonyl (C=S) groups is 1. The second-order valence-corrected chi connectivity index (χ2v) is 7.29. The first-order chi connectivity index (χ1) is 11.6. The minimum atomic E-state index is 0.121. The van der Waals surface area contributed by atoms with Crippen LogP contribution in [0.1, 0.15) is 23.6 Å². The quantitative estimate of drug-likeness (QED) is 0.811. The molecule has 0 aliphatic carbocycles. The zero-order valence-electron chi connectivity index (χ0n) is 13.7. The van der Waals surface area contributed by atoms with Crippen LogP contribution in [-0.4, -0.2) is 27.7 Å². The number of aryl methyl sites for hydroxylation is 1. The van der Waals surface area contributed by atoms with Crippen molar-refractivity contribution < 1.29 is 0 Å². The Morgan fingerprint density at radius 3 is 2.71 bits per heavy atom. The van der Waals surface area contributed by atoms with Crippen LogP contribution in [-0.2, 0) is 6.54 Å². The number of hydrogen-bond acceptors (Lipinski definition) is 2. The van der Waals surface area contributed by atoms with E-state index in [0.29, 0.717) is 11.8 Å². The van der Waals surface area contributed by atoms with Gasteiger partial charge >= 0.3 is 0 Å². The van der Waals surface area contributed by atoms with Gasteiger partial charge in [0.25, 0.3) is 5.56 Å². The highest BCUT2D eigenvalue weighted by molar-refractivity contribution is 7.80. The predicted octanol–water partition coefficient (Wildman–Crippen LogP) is 2.97. The summed E-state index contributed by atoms with van der Waals surface area (Å²) in [6.07, 6.45) is 1.15. The molecule has 2 bridgehead atoms. The molecule has 4 rings (SSSR count). The number of piperidine rings is 1. The molecule has 1 N–H and O–H groups in total. The molecule has 0 spiro atoms. The molecule has 4 nitrogen and oxygen atoms in total. The number of likely N-dealkylation sites (tertiary alicyclic amines) is 1. The van der Waals surface area contributed by atoms with Gasteiger partial charge in [-0.2, -0.15) is 0 Å². The summed E-state index contributed by atoms with van der Waals surface area (Å²) >= 11 is 5.64. The second-order valence-electron chi connectivity index (χ2n) is 6.90. The molecular weight excluding hydrogens is 318 g/mol. The lowest BCUT2D eigenvalue weighted by molar-refractivity contribution is 0.180. The highest BCUT2D eigenvalue weighted by Crippen LogP contribution is 2.35. The van der Waals surface area contributed by atoms with Crippen LogP contribution in [0.15, 0.2) is 47.3 Å². The molecule has 5 heteroatoms. The van der Waals surface area contributed by atoms with Crippen LogP contribution in [0, 0.1) is 12.8 Å². The zero-order valence-corrected chi connectivity index (χ0v) is 14.6. The van der Waals surface area contributed by atoms with E-state index in [1.807, 2.05) is 10.6 Å². The number of anilines is 1. The minimum Gasteiger partial charge on any atom is -0.348 e. The lowest BCUT2D eigenvalue weighted by atomic mass is 9.83. The van der Waals surface area contributed by atoms with E-state index in [0.717, 1.165) is 42.5 Å². The maximum Gasteiger partial charge on any atom is 0.250 e. The van der Waals surface area contributed by atoms with Gasteiger partial charge in [0.05, 0.1) is 0 Å². The Balaban J connectivity index is 1.52. The number of nitrogens with zero attached hydrogens (tertiary/aromatic N) is 2. The predicted molar refractivity (Wildman–Crippen MR) is 101 cm³/mol. The summed E-state index contributed by atoms with van der Waals surface area (Å²) in [6.45, 7) is 4.66. The molecular formula is C19H21N3OS. The molecule has 3 heterocycles. The highest BCUT2D eigenvalue weighted by Gasteiger charge is 2.35. The highest BCUT2D eigenvalue weighted by atomic mass is 32.1. The van der Waals surface area contributed by atoms with Crippen LogP contribution < -0.4 is 10.9 Å². The van der Waals surface area contributed by atoms with E-state index in [2.05, 4.69) is 47.5 Å². The van der Waals surface area contributed by atoms with Gasteiger partial charge in [0.15, 0.2) is 5.11 Å². The number of fused-ring (bicyclic) bond motifs is 4. The van der Waals surface area contributed by atoms with E-state index in [1.165, 1.54) is 5.56 Å². The minimum absolute atomic E-state index is 0.121. The average molecular weight is 339 g/mol. The van der Waals surface area contributed by atoms with Crippen molar-refractivity contribution in [3.63, 3.8) is 0 Å². The average Bonchev–Trinajstić information content (AvgIpc) is 2.58. The number of nitrogens with one attached hydrogen (secondary N) is 1. The lowest BCUT2D eigenvalue weighted by Crippen LogP contribution is -2.50. The molecule has 0 unspecified atom stereocenters. The van der Waals surface area contributed by atoms with Crippen LogP contribution >= 0.6 is 12.2 Å². The summed E-state index contributed by atoms with van der Waals surface area (Å²) in [4.78, 5) is 14.3. The number of rotatable bonds is 1. The van der Waals surface area contributed by atoms with Crippen molar-refractivity contribution >= 4 is 23.0 Å². The molecule has 2 aliphatic heterocycles. The van der Waals surface area contributed by atoms with Crippen molar-refractivity contribution in [2.75, 3.05) is 18.4 Å². The first-order valence-electron chi connectivity index (χ1n) is 8.42. The van der Waals surface area contributed by atoms with Gasteiger partial charge in [-0.15, -0.1) is 0 Å². The molecule has 2 atom stereocenters. The fraction of sp³-hybridized carbons (Fsp3) is 0.368. The van der Waals surface area contributed by atoms with E-state index < -0.39 is 0 Å². The summed E-state index contributed by atoms with van der Waals surface area (Å²) in [5.74, 6) is 0.860. The van der Waals surface area contributed by atoms with Gasteiger partial charge in [-0.25, -0.2) is 0 Å². The molecule has 0 amide bonds. The SMILES string of the molecule is Cc1ccc(NC(=S)N2C[C@H]3C[C@@H](C2)c2cccc(=O)n2C3)cc1. The lowest BCUT2D eigenvalue weighted by Gasteiger charge is -2.43. The third kappa shape index (κ3) is 2.84. The van der Waals surface area contributed by atoms with Crippen LogP contribution in [0.4, 0.5) is 5.69 Å². The van der Waals surface area contributed by atoms with Gasteiger partial charge in [-0.05, 0) is 49.7 Å². The van der Waals surface area contributed by atoms with Crippen molar-refractivity contribution in [3.05, 3.63) is 64.1 Å². The van der Waals surface area contributed by atoms with Crippen LogP contribution in [0.25, 0.3) is 0 Å². The molecule has 24 heavy (non-hydrogen) atoms. The first-order valence-corrected chi connectivity index (χ1v) is 8.83. The summed E-state index contributed by atoms with van der Waals surface area (Å²) < 4.78 is 1.95. The van der Waals surface area contributed by atoms with Crippen molar-refractivity contribution in [2.24, 2.45) is 5.92 Å². The molecule has 2 aliphatic rings. The maximum atomic E-state index is 12.1. The van der Waals surface area contributed by atoms with Crippen molar-refractivity contribution in [1.82, 2.24) is 9.47 Å². The third-order valence-electron chi connectivity index (χ3n) is 5.07. The molecule has 124 valence electrons. The summed E-state index contributed by atoms with van der Waals surface area (Å²) in [6, 6.07) is 13.9. The standard InChI is InChI=1S/C19H21N3OS/c1-13-5-7-16(8-6-13)20-19(24)21-10-14-9-15(12-21)17-3-2-4-18(23)22(17)11-14/h2-8,14-15H,9-12H2,1H3,(H,20,24)/t14-,15+/m1/s1. The topological polar surface area (TPSA) is 37.3 Å². The van der Waals surface area contributed by atoms with Crippen LogP contribution in [0.5, 0.6) is 0 Å². The van der Waals surface area contributed by atoms with Gasteiger partial charge < -0.3 is 14.8 Å². The Bertz CT molecular complexity index is 827. The molecule has 1 saturated heterocycles. The molecule has 0 saturated carbocycles. The fourth-order valence-corrected chi connectivity index (χ4v) is 4.17. The maximum absolute atomic E-state index is 12.1. The number of aromatic nitrogens is 1. The fourth-order valence-electron chi connectivity index (χ4n) is 3.90. The van der Waals surface area contributed by atoms with Gasteiger partial charge in [0, 0.05) is 43.0 Å². The normalized spacial score (nSPS) is 22.0. The largest absolute Gasteiger partial charge is 0.348 e. The van der Waals surface area contributed by atoms with E-state index >= 15 is 0 Å². The van der Waals surface area contributed by atoms with E-state index in [1.54, 1.807) is 6.07 Å². The Morgan fingerprint density at radius 1 is 1.12 bits per heavy atom. The summed E-state index contributed by atoms with van der Waals surface area (Å²) in [7, 11) is 0. The van der Waals surface area contributed by atoms with Gasteiger partial charge in [0.2, 0.25) is 0 Å². The molecule has 2 aromatic rings. The van der Waals surface area contributed by atoms with Gasteiger partial charge in [-0.3, -0.25) is 4.79 Å². The van der Waals surface area contributed by atoms with E-state index in [-0.39, 0.29) is 5.56 Å². The molecule has 1 aromatic carbocycles. The molecule has 1 aromatic heterocycles. The number of hydrogen-bond donors (Lipinski definition) is 1. The monoisotopic (exact) mass is 339 g/mol. The molecule has 0 radical (unpaired) electrons. The van der Waals surface area contributed by atoms with Gasteiger partial charge in [-0.1, -0.05) is 23.8 Å². The molecule has 1 fully saturated rings. The first kappa shape index (κ1) is 15.4. The Kier molecular flexibility index (Phi) is 3.88. The van der Waals surface area contributed by atoms with E-state index in [4.69, 9.17) is 12.2 Å². The van der Waals surface area contributed by atoms with Crippen molar-refractivity contribution in [1.29, 1.82) is 0 Å². The zero-order chi connectivity index (χ0) is 16.7. The Labute approximate surface area is 147 Å². The summed E-state index contributed by atoms with van der Waals surface area (Å²) in [5.41, 5.74) is 3.54. The third-order valence-corrected chi connectivity index (χ3v) is 5.43. The van der Waals surface area contributed by atoms with Crippen molar-refractivity contribution in [3.8, 4) is 0 Å². The van der Waals surface area contributed by atoms with E-state index in [9.17, 15) is 4.79 Å². The Morgan fingerprint density at radius 2 is 1.92 bits per heavy atom. The Hall–Kier alpha value is -2.14. The van der Waals surface area contributed by atoms with Gasteiger partial charge in [0.1, 0.15) is 0 Å². The number of pyridine rings is 1. The smallest absolute Gasteiger partial charge is 0.250 e. The van der Waals surface area contributed by atoms with Crippen LogP contribution in [0.2, 0.25) is 0 Å². The van der Waals surface area contributed by atoms with Crippen LogP contribution in [0.3, 0.4) is 0 Å². The second kappa shape index (κ2) is 6.06. The van der Waals surface area contributed by atoms with Crippen molar-refractivity contribution in [2.45, 2.75) is 25.8 Å². The number of benzene rings is 1.